The van der Waals surface area contributed by atoms with Gasteiger partial charge in [0, 0.05) is 12.2 Å². The van der Waals surface area contributed by atoms with Crippen molar-refractivity contribution in [1.29, 1.82) is 0 Å². The zero-order valence-corrected chi connectivity index (χ0v) is 11.6. The molecule has 0 bridgehead atoms. The first-order valence-electron chi connectivity index (χ1n) is 6.56. The van der Waals surface area contributed by atoms with Gasteiger partial charge in [-0.15, -0.1) is 0 Å². The molecule has 5 heteroatoms. The molecule has 0 radical (unpaired) electrons. The Morgan fingerprint density at radius 3 is 2.62 bits per heavy atom. The van der Waals surface area contributed by atoms with Crippen molar-refractivity contribution < 1.29 is 14.3 Å². The molecule has 2 aromatic carbocycles. The van der Waals surface area contributed by atoms with Crippen LogP contribution in [-0.4, -0.2) is 17.6 Å². The highest BCUT2D eigenvalue weighted by molar-refractivity contribution is 5.94. The number of hydrogen-bond acceptors (Lipinski definition) is 3. The molecule has 1 amide bonds. The SMILES string of the molecule is Cc1cccc(C(=O)NCC(O)c2ccc(N)cc2)c1F. The summed E-state index contributed by atoms with van der Waals surface area (Å²) in [6.07, 6.45) is -0.873. The Kier molecular flexibility index (Phi) is 4.55. The highest BCUT2D eigenvalue weighted by Crippen LogP contribution is 2.15. The normalized spacial score (nSPS) is 12.0. The van der Waals surface area contributed by atoms with Gasteiger partial charge in [-0.3, -0.25) is 4.79 Å². The molecule has 0 aromatic heterocycles. The average Bonchev–Trinajstić information content (AvgIpc) is 2.48. The fourth-order valence-electron chi connectivity index (χ4n) is 1.94. The largest absolute Gasteiger partial charge is 0.399 e. The van der Waals surface area contributed by atoms with Gasteiger partial charge >= 0.3 is 0 Å². The Labute approximate surface area is 122 Å². The van der Waals surface area contributed by atoms with Crippen LogP contribution in [0.4, 0.5) is 10.1 Å². The third-order valence-corrected chi connectivity index (χ3v) is 3.21. The second-order valence-corrected chi connectivity index (χ2v) is 4.83. The summed E-state index contributed by atoms with van der Waals surface area (Å²) in [4.78, 5) is 11.9. The first kappa shape index (κ1) is 15.0. The molecular formula is C16H17FN2O2. The van der Waals surface area contributed by atoms with Crippen molar-refractivity contribution in [2.45, 2.75) is 13.0 Å². The minimum Gasteiger partial charge on any atom is -0.399 e. The molecule has 4 N–H and O–H groups in total. The summed E-state index contributed by atoms with van der Waals surface area (Å²) < 4.78 is 13.8. The number of aryl methyl sites for hydroxylation is 1. The number of nitrogen functional groups attached to an aromatic ring is 1. The Balaban J connectivity index is 2.00. The minimum absolute atomic E-state index is 0.00384. The lowest BCUT2D eigenvalue weighted by molar-refractivity contribution is 0.0912. The summed E-state index contributed by atoms with van der Waals surface area (Å²) >= 11 is 0. The molecule has 0 fully saturated rings. The van der Waals surface area contributed by atoms with E-state index in [2.05, 4.69) is 5.32 Å². The second-order valence-electron chi connectivity index (χ2n) is 4.83. The summed E-state index contributed by atoms with van der Waals surface area (Å²) in [5.41, 5.74) is 7.17. The van der Waals surface area contributed by atoms with E-state index in [1.54, 1.807) is 43.3 Å². The Bertz CT molecular complexity index is 641. The van der Waals surface area contributed by atoms with E-state index < -0.39 is 17.8 Å². The molecule has 0 heterocycles. The lowest BCUT2D eigenvalue weighted by Gasteiger charge is -2.13. The van der Waals surface area contributed by atoms with Crippen LogP contribution in [0.1, 0.15) is 27.6 Å². The summed E-state index contributed by atoms with van der Waals surface area (Å²) in [6, 6.07) is 11.3. The van der Waals surface area contributed by atoms with E-state index in [0.717, 1.165) is 0 Å². The van der Waals surface area contributed by atoms with Gasteiger partial charge in [-0.05, 0) is 36.2 Å². The molecular weight excluding hydrogens is 271 g/mol. The fourth-order valence-corrected chi connectivity index (χ4v) is 1.94. The van der Waals surface area contributed by atoms with Gasteiger partial charge in [0.2, 0.25) is 0 Å². The molecule has 0 saturated carbocycles. The quantitative estimate of drug-likeness (QED) is 0.755. The van der Waals surface area contributed by atoms with Crippen LogP contribution in [-0.2, 0) is 0 Å². The highest BCUT2D eigenvalue weighted by Gasteiger charge is 2.15. The fraction of sp³-hybridized carbons (Fsp3) is 0.188. The lowest BCUT2D eigenvalue weighted by atomic mass is 10.1. The van der Waals surface area contributed by atoms with Crippen LogP contribution in [0, 0.1) is 12.7 Å². The van der Waals surface area contributed by atoms with E-state index >= 15 is 0 Å². The number of aliphatic hydroxyl groups excluding tert-OH is 1. The van der Waals surface area contributed by atoms with E-state index in [4.69, 9.17) is 5.73 Å². The predicted molar refractivity (Wildman–Crippen MR) is 79.3 cm³/mol. The molecule has 21 heavy (non-hydrogen) atoms. The van der Waals surface area contributed by atoms with Crippen LogP contribution in [0.2, 0.25) is 0 Å². The van der Waals surface area contributed by atoms with E-state index in [1.807, 2.05) is 0 Å². The van der Waals surface area contributed by atoms with Crippen molar-refractivity contribution in [3.8, 4) is 0 Å². The number of benzene rings is 2. The topological polar surface area (TPSA) is 75.3 Å². The van der Waals surface area contributed by atoms with Crippen LogP contribution in [0.25, 0.3) is 0 Å². The number of nitrogens with one attached hydrogen (secondary N) is 1. The highest BCUT2D eigenvalue weighted by atomic mass is 19.1. The van der Waals surface area contributed by atoms with Crippen LogP contribution < -0.4 is 11.1 Å². The first-order chi connectivity index (χ1) is 9.99. The standard InChI is InChI=1S/C16H17FN2O2/c1-10-3-2-4-13(15(10)17)16(21)19-9-14(20)11-5-7-12(18)8-6-11/h2-8,14,20H,9,18H2,1H3,(H,19,21). The first-order valence-corrected chi connectivity index (χ1v) is 6.56. The van der Waals surface area contributed by atoms with Crippen LogP contribution in [0.3, 0.4) is 0 Å². The molecule has 4 nitrogen and oxygen atoms in total. The van der Waals surface area contributed by atoms with Crippen molar-refractivity contribution in [1.82, 2.24) is 5.32 Å². The maximum atomic E-state index is 13.8. The zero-order valence-electron chi connectivity index (χ0n) is 11.6. The van der Waals surface area contributed by atoms with Crippen LogP contribution in [0.5, 0.6) is 0 Å². The number of carbonyl (C=O) groups excluding carboxylic acids is 1. The van der Waals surface area contributed by atoms with Gasteiger partial charge in [-0.25, -0.2) is 4.39 Å². The third-order valence-electron chi connectivity index (χ3n) is 3.21. The molecule has 0 aliphatic rings. The number of rotatable bonds is 4. The van der Waals surface area contributed by atoms with E-state index in [0.29, 0.717) is 16.8 Å². The Hall–Kier alpha value is -2.40. The lowest BCUT2D eigenvalue weighted by Crippen LogP contribution is -2.29. The Morgan fingerprint density at radius 2 is 1.95 bits per heavy atom. The number of aliphatic hydroxyl groups is 1. The molecule has 0 aliphatic carbocycles. The van der Waals surface area contributed by atoms with Crippen molar-refractivity contribution in [2.24, 2.45) is 0 Å². The van der Waals surface area contributed by atoms with Crippen molar-refractivity contribution >= 4 is 11.6 Å². The molecule has 1 atom stereocenters. The molecule has 0 aliphatic heterocycles. The van der Waals surface area contributed by atoms with E-state index in [9.17, 15) is 14.3 Å². The van der Waals surface area contributed by atoms with Gasteiger partial charge in [-0.2, -0.15) is 0 Å². The predicted octanol–water partition coefficient (Wildman–Crippen LogP) is 2.18. The monoisotopic (exact) mass is 288 g/mol. The Morgan fingerprint density at radius 1 is 1.29 bits per heavy atom. The molecule has 0 saturated heterocycles. The number of carbonyl (C=O) groups is 1. The van der Waals surface area contributed by atoms with Crippen molar-refractivity contribution in [3.63, 3.8) is 0 Å². The van der Waals surface area contributed by atoms with E-state index in [1.165, 1.54) is 6.07 Å². The maximum Gasteiger partial charge on any atom is 0.254 e. The van der Waals surface area contributed by atoms with Gasteiger partial charge in [0.1, 0.15) is 5.82 Å². The van der Waals surface area contributed by atoms with Gasteiger partial charge in [0.15, 0.2) is 0 Å². The summed E-state index contributed by atoms with van der Waals surface area (Å²) in [6.45, 7) is 1.59. The van der Waals surface area contributed by atoms with Crippen molar-refractivity contribution in [2.75, 3.05) is 12.3 Å². The number of halogens is 1. The van der Waals surface area contributed by atoms with Gasteiger partial charge in [-0.1, -0.05) is 24.3 Å². The smallest absolute Gasteiger partial charge is 0.254 e. The third kappa shape index (κ3) is 3.58. The molecule has 1 unspecified atom stereocenters. The van der Waals surface area contributed by atoms with Gasteiger partial charge in [0.05, 0.1) is 11.7 Å². The summed E-state index contributed by atoms with van der Waals surface area (Å²) in [7, 11) is 0. The van der Waals surface area contributed by atoms with Crippen LogP contribution >= 0.6 is 0 Å². The molecule has 110 valence electrons. The zero-order chi connectivity index (χ0) is 15.4. The average molecular weight is 288 g/mol. The van der Waals surface area contributed by atoms with E-state index in [-0.39, 0.29) is 12.1 Å². The molecule has 0 spiro atoms. The van der Waals surface area contributed by atoms with Crippen molar-refractivity contribution in [3.05, 3.63) is 65.0 Å². The molecule has 2 aromatic rings. The number of nitrogens with two attached hydrogens (primary N) is 1. The second kappa shape index (κ2) is 6.37. The maximum absolute atomic E-state index is 13.8. The molecule has 2 rings (SSSR count). The number of anilines is 1. The minimum atomic E-state index is -0.873. The number of amides is 1. The van der Waals surface area contributed by atoms with Gasteiger partial charge < -0.3 is 16.2 Å². The van der Waals surface area contributed by atoms with Gasteiger partial charge in [0.25, 0.3) is 5.91 Å². The van der Waals surface area contributed by atoms with Crippen LogP contribution in [0.15, 0.2) is 42.5 Å². The summed E-state index contributed by atoms with van der Waals surface area (Å²) in [5.74, 6) is -1.09. The summed E-state index contributed by atoms with van der Waals surface area (Å²) in [5, 5.41) is 12.5. The number of hydrogen-bond donors (Lipinski definition) is 3.